The fourth-order valence-electron chi connectivity index (χ4n) is 3.40. The van der Waals surface area contributed by atoms with Crippen LogP contribution in [0, 0.1) is 5.82 Å². The average Bonchev–Trinajstić information content (AvgIpc) is 3.55. The van der Waals surface area contributed by atoms with E-state index in [1.165, 1.54) is 18.3 Å². The standard InChI is InChI=1S/C23H19FN8O/c1-32-11-10-27-22(32)23(33)29-20-13-15(3-5-17(20)24)28-14-2-4-16-18(30-31-19(16)12-14)6-7-21-25-8-9-26-21/h2-13,28H,1H3,(H,25,26)(H,29,33)(H,30,31). The molecule has 0 fully saturated rings. The Morgan fingerprint density at radius 2 is 1.94 bits per heavy atom. The van der Waals surface area contributed by atoms with Crippen molar-refractivity contribution in [3.63, 3.8) is 0 Å². The Bertz CT molecular complexity index is 1470. The summed E-state index contributed by atoms with van der Waals surface area (Å²) in [4.78, 5) is 23.5. The van der Waals surface area contributed by atoms with Gasteiger partial charge in [-0.3, -0.25) is 9.89 Å². The number of halogens is 1. The van der Waals surface area contributed by atoms with Crippen molar-refractivity contribution in [1.29, 1.82) is 0 Å². The average molecular weight is 442 g/mol. The molecule has 0 spiro atoms. The molecular weight excluding hydrogens is 423 g/mol. The molecule has 0 radical (unpaired) electrons. The van der Waals surface area contributed by atoms with Gasteiger partial charge in [-0.2, -0.15) is 5.10 Å². The van der Waals surface area contributed by atoms with E-state index in [-0.39, 0.29) is 11.5 Å². The maximum absolute atomic E-state index is 14.3. The van der Waals surface area contributed by atoms with Gasteiger partial charge in [0.1, 0.15) is 11.6 Å². The maximum Gasteiger partial charge on any atom is 0.291 e. The van der Waals surface area contributed by atoms with Crippen LogP contribution in [0.2, 0.25) is 0 Å². The highest BCUT2D eigenvalue weighted by Crippen LogP contribution is 2.26. The molecular formula is C23H19FN8O. The summed E-state index contributed by atoms with van der Waals surface area (Å²) < 4.78 is 15.9. The van der Waals surface area contributed by atoms with Gasteiger partial charge in [0.2, 0.25) is 0 Å². The zero-order valence-electron chi connectivity index (χ0n) is 17.5. The summed E-state index contributed by atoms with van der Waals surface area (Å²) in [6.07, 6.45) is 10.3. The second-order valence-electron chi connectivity index (χ2n) is 7.31. The van der Waals surface area contributed by atoms with Crippen molar-refractivity contribution >= 4 is 46.0 Å². The van der Waals surface area contributed by atoms with Crippen LogP contribution in [-0.2, 0) is 7.05 Å². The molecule has 0 saturated carbocycles. The number of fused-ring (bicyclic) bond motifs is 1. The number of carbonyl (C=O) groups is 1. The lowest BCUT2D eigenvalue weighted by atomic mass is 10.1. The van der Waals surface area contributed by atoms with Crippen LogP contribution < -0.4 is 10.6 Å². The van der Waals surface area contributed by atoms with E-state index in [1.54, 1.807) is 36.3 Å². The molecule has 3 aromatic heterocycles. The number of H-pyrrole nitrogens is 2. The molecule has 5 aromatic rings. The van der Waals surface area contributed by atoms with E-state index in [9.17, 15) is 9.18 Å². The topological polar surface area (TPSA) is 116 Å². The number of carbonyl (C=O) groups excluding carboxylic acids is 1. The highest BCUT2D eigenvalue weighted by atomic mass is 19.1. The van der Waals surface area contributed by atoms with E-state index >= 15 is 0 Å². The minimum Gasteiger partial charge on any atom is -0.355 e. The molecule has 0 saturated heterocycles. The summed E-state index contributed by atoms with van der Waals surface area (Å²) in [6, 6.07) is 10.2. The number of benzene rings is 2. The van der Waals surface area contributed by atoms with Crippen molar-refractivity contribution in [1.82, 2.24) is 29.7 Å². The third-order valence-electron chi connectivity index (χ3n) is 5.04. The van der Waals surface area contributed by atoms with Crippen LogP contribution in [0.1, 0.15) is 22.1 Å². The molecule has 9 nitrogen and oxygen atoms in total. The SMILES string of the molecule is Cn1ccnc1C(=O)Nc1cc(Nc2ccc3c(C=Cc4ncc[nH]4)n[nH]c3c2)ccc1F. The van der Waals surface area contributed by atoms with E-state index in [4.69, 9.17) is 0 Å². The van der Waals surface area contributed by atoms with Crippen molar-refractivity contribution in [3.05, 3.63) is 84.3 Å². The Labute approximate surface area is 187 Å². The highest BCUT2D eigenvalue weighted by molar-refractivity contribution is 6.02. The third-order valence-corrected chi connectivity index (χ3v) is 5.04. The molecule has 1 amide bonds. The normalized spacial score (nSPS) is 11.3. The second kappa shape index (κ2) is 8.42. The second-order valence-corrected chi connectivity index (χ2v) is 7.31. The lowest BCUT2D eigenvalue weighted by Gasteiger charge is -2.11. The lowest BCUT2D eigenvalue weighted by Crippen LogP contribution is -2.17. The number of hydrogen-bond donors (Lipinski definition) is 4. The van der Waals surface area contributed by atoms with E-state index in [0.29, 0.717) is 5.69 Å². The van der Waals surface area contributed by atoms with Gasteiger partial charge >= 0.3 is 0 Å². The fraction of sp³-hybridized carbons (Fsp3) is 0.0435. The van der Waals surface area contributed by atoms with Gasteiger partial charge in [0.25, 0.3) is 5.91 Å². The zero-order valence-corrected chi connectivity index (χ0v) is 17.5. The quantitative estimate of drug-likeness (QED) is 0.312. The van der Waals surface area contributed by atoms with Crippen molar-refractivity contribution in [2.75, 3.05) is 10.6 Å². The first-order chi connectivity index (χ1) is 16.1. The Balaban J connectivity index is 1.34. The Morgan fingerprint density at radius 1 is 1.09 bits per heavy atom. The molecule has 0 aliphatic heterocycles. The zero-order chi connectivity index (χ0) is 22.8. The number of nitrogens with one attached hydrogen (secondary N) is 4. The number of amides is 1. The van der Waals surface area contributed by atoms with Crippen LogP contribution in [0.25, 0.3) is 23.1 Å². The Hall–Kier alpha value is -4.73. The third kappa shape index (κ3) is 4.22. The summed E-state index contributed by atoms with van der Waals surface area (Å²) in [5.41, 5.74) is 3.07. The predicted molar refractivity (Wildman–Crippen MR) is 124 cm³/mol. The van der Waals surface area contributed by atoms with Gasteiger partial charge in [0, 0.05) is 48.6 Å². The monoisotopic (exact) mass is 442 g/mol. The van der Waals surface area contributed by atoms with Crippen molar-refractivity contribution in [2.24, 2.45) is 7.05 Å². The maximum atomic E-state index is 14.3. The molecule has 33 heavy (non-hydrogen) atoms. The number of imidazole rings is 2. The van der Waals surface area contributed by atoms with Gasteiger partial charge in [-0.1, -0.05) is 0 Å². The Kier molecular flexibility index (Phi) is 5.15. The Morgan fingerprint density at radius 3 is 2.73 bits per heavy atom. The summed E-state index contributed by atoms with van der Waals surface area (Å²) in [5, 5.41) is 14.1. The van der Waals surface area contributed by atoms with Crippen molar-refractivity contribution in [3.8, 4) is 0 Å². The molecule has 10 heteroatoms. The van der Waals surface area contributed by atoms with E-state index in [2.05, 4.69) is 35.8 Å². The minimum atomic E-state index is -0.542. The largest absolute Gasteiger partial charge is 0.355 e. The molecule has 4 N–H and O–H groups in total. The molecule has 164 valence electrons. The lowest BCUT2D eigenvalue weighted by molar-refractivity contribution is 0.101. The minimum absolute atomic E-state index is 0.0565. The van der Waals surface area contributed by atoms with E-state index in [1.807, 2.05) is 30.4 Å². The molecule has 0 aliphatic carbocycles. The van der Waals surface area contributed by atoms with Gasteiger partial charge in [0.15, 0.2) is 5.82 Å². The van der Waals surface area contributed by atoms with Crippen LogP contribution in [0.4, 0.5) is 21.5 Å². The predicted octanol–water partition coefficient (Wildman–Crippen LogP) is 4.32. The summed E-state index contributed by atoms with van der Waals surface area (Å²) in [5.74, 6) is -0.103. The molecule has 0 bridgehead atoms. The van der Waals surface area contributed by atoms with Crippen molar-refractivity contribution in [2.45, 2.75) is 0 Å². The molecule has 0 atom stereocenters. The van der Waals surface area contributed by atoms with Gasteiger partial charge in [-0.05, 0) is 48.6 Å². The van der Waals surface area contributed by atoms with E-state index in [0.717, 1.165) is 28.1 Å². The number of nitrogens with zero attached hydrogens (tertiary/aromatic N) is 4. The number of aryl methyl sites for hydroxylation is 1. The van der Waals surface area contributed by atoms with Crippen LogP contribution in [0.3, 0.4) is 0 Å². The van der Waals surface area contributed by atoms with E-state index < -0.39 is 11.7 Å². The number of aromatic nitrogens is 6. The molecule has 0 unspecified atom stereocenters. The highest BCUT2D eigenvalue weighted by Gasteiger charge is 2.14. The molecule has 3 heterocycles. The number of hydrogen-bond acceptors (Lipinski definition) is 5. The van der Waals surface area contributed by atoms with Crippen LogP contribution in [-0.4, -0.2) is 35.6 Å². The number of aromatic amines is 2. The molecule has 2 aromatic carbocycles. The first kappa shape index (κ1) is 20.2. The summed E-state index contributed by atoms with van der Waals surface area (Å²) in [6.45, 7) is 0. The fourth-order valence-corrected chi connectivity index (χ4v) is 3.40. The number of rotatable bonds is 6. The first-order valence-corrected chi connectivity index (χ1v) is 10.1. The smallest absolute Gasteiger partial charge is 0.291 e. The number of anilines is 3. The van der Waals surface area contributed by atoms with Gasteiger partial charge in [-0.25, -0.2) is 14.4 Å². The first-order valence-electron chi connectivity index (χ1n) is 10.1. The van der Waals surface area contributed by atoms with Gasteiger partial charge in [0.05, 0.1) is 16.9 Å². The molecule has 0 aliphatic rings. The van der Waals surface area contributed by atoms with Gasteiger partial charge < -0.3 is 20.2 Å². The van der Waals surface area contributed by atoms with Crippen LogP contribution in [0.5, 0.6) is 0 Å². The molecule has 5 rings (SSSR count). The van der Waals surface area contributed by atoms with Crippen molar-refractivity contribution < 1.29 is 9.18 Å². The summed E-state index contributed by atoms with van der Waals surface area (Å²) >= 11 is 0. The van der Waals surface area contributed by atoms with Crippen LogP contribution >= 0.6 is 0 Å². The summed E-state index contributed by atoms with van der Waals surface area (Å²) in [7, 11) is 1.69. The van der Waals surface area contributed by atoms with Gasteiger partial charge in [-0.15, -0.1) is 0 Å². The van der Waals surface area contributed by atoms with Crippen LogP contribution in [0.15, 0.2) is 61.2 Å².